The largest absolute Gasteiger partial charge is 0.322 e. The Morgan fingerprint density at radius 2 is 1.67 bits per heavy atom. The zero-order valence-electron chi connectivity index (χ0n) is 9.71. The fourth-order valence-electron chi connectivity index (χ4n) is 1.58. The number of anilines is 1. The molecule has 0 fully saturated rings. The van der Waals surface area contributed by atoms with Gasteiger partial charge in [-0.1, -0.05) is 18.2 Å². The smallest absolute Gasteiger partial charge is 0.258 e. The summed E-state index contributed by atoms with van der Waals surface area (Å²) in [5, 5.41) is 2.49. The Labute approximate surface area is 103 Å². The van der Waals surface area contributed by atoms with E-state index >= 15 is 0 Å². The third-order valence-corrected chi connectivity index (χ3v) is 2.63. The lowest BCUT2D eigenvalue weighted by atomic mass is 10.1. The first kappa shape index (κ1) is 12.2. The second-order valence-corrected chi connectivity index (χ2v) is 3.85. The van der Waals surface area contributed by atoms with Crippen LogP contribution in [0.15, 0.2) is 42.5 Å². The lowest BCUT2D eigenvalue weighted by molar-refractivity contribution is 0.102. The Bertz CT molecular complexity index is 596. The molecule has 0 aliphatic carbocycles. The number of carbonyl (C=O) groups is 1. The van der Waals surface area contributed by atoms with Crippen LogP contribution in [0.2, 0.25) is 0 Å². The number of rotatable bonds is 2. The van der Waals surface area contributed by atoms with Gasteiger partial charge in [0.05, 0.1) is 5.56 Å². The minimum atomic E-state index is -0.607. The van der Waals surface area contributed by atoms with Gasteiger partial charge in [-0.05, 0) is 31.2 Å². The van der Waals surface area contributed by atoms with E-state index in [0.717, 1.165) is 0 Å². The Kier molecular flexibility index (Phi) is 3.37. The molecule has 0 heterocycles. The first-order chi connectivity index (χ1) is 8.59. The van der Waals surface area contributed by atoms with Crippen LogP contribution in [-0.2, 0) is 0 Å². The molecule has 0 saturated heterocycles. The second kappa shape index (κ2) is 4.96. The summed E-state index contributed by atoms with van der Waals surface area (Å²) in [7, 11) is 0. The molecule has 2 aromatic rings. The van der Waals surface area contributed by atoms with Gasteiger partial charge in [0.2, 0.25) is 0 Å². The van der Waals surface area contributed by atoms with E-state index in [1.807, 2.05) is 0 Å². The third kappa shape index (κ3) is 2.37. The van der Waals surface area contributed by atoms with Crippen LogP contribution in [0.5, 0.6) is 0 Å². The summed E-state index contributed by atoms with van der Waals surface area (Å²) in [5.41, 5.74) is 0.589. The SMILES string of the molecule is Cc1c(F)cccc1NC(=O)c1ccccc1F. The summed E-state index contributed by atoms with van der Waals surface area (Å²) in [5.74, 6) is -1.62. The lowest BCUT2D eigenvalue weighted by Crippen LogP contribution is -2.14. The van der Waals surface area contributed by atoms with E-state index in [-0.39, 0.29) is 5.56 Å². The first-order valence-corrected chi connectivity index (χ1v) is 5.40. The van der Waals surface area contributed by atoms with Gasteiger partial charge in [-0.2, -0.15) is 0 Å². The molecule has 0 radical (unpaired) electrons. The molecule has 0 atom stereocenters. The number of nitrogens with one attached hydrogen (secondary N) is 1. The van der Waals surface area contributed by atoms with Gasteiger partial charge in [-0.15, -0.1) is 0 Å². The van der Waals surface area contributed by atoms with Crippen molar-refractivity contribution in [1.29, 1.82) is 0 Å². The number of halogens is 2. The summed E-state index contributed by atoms with van der Waals surface area (Å²) >= 11 is 0. The van der Waals surface area contributed by atoms with E-state index in [1.165, 1.54) is 30.3 Å². The fourth-order valence-corrected chi connectivity index (χ4v) is 1.58. The van der Waals surface area contributed by atoms with Crippen LogP contribution in [0.1, 0.15) is 15.9 Å². The summed E-state index contributed by atoms with van der Waals surface area (Å²) < 4.78 is 26.7. The van der Waals surface area contributed by atoms with Crippen molar-refractivity contribution in [2.75, 3.05) is 5.32 Å². The van der Waals surface area contributed by atoms with Crippen molar-refractivity contribution in [1.82, 2.24) is 0 Å². The molecule has 0 bridgehead atoms. The second-order valence-electron chi connectivity index (χ2n) is 3.85. The van der Waals surface area contributed by atoms with Gasteiger partial charge < -0.3 is 5.32 Å². The quantitative estimate of drug-likeness (QED) is 0.864. The van der Waals surface area contributed by atoms with Crippen LogP contribution in [0.25, 0.3) is 0 Å². The van der Waals surface area contributed by atoms with Crippen molar-refractivity contribution in [3.63, 3.8) is 0 Å². The number of amides is 1. The Balaban J connectivity index is 2.27. The molecule has 92 valence electrons. The normalized spacial score (nSPS) is 10.2. The maximum Gasteiger partial charge on any atom is 0.258 e. The molecular weight excluding hydrogens is 236 g/mol. The molecule has 1 amide bonds. The molecule has 2 nitrogen and oxygen atoms in total. The average Bonchev–Trinajstić information content (AvgIpc) is 2.35. The molecular formula is C14H11F2NO. The predicted octanol–water partition coefficient (Wildman–Crippen LogP) is 3.53. The highest BCUT2D eigenvalue weighted by Gasteiger charge is 2.12. The first-order valence-electron chi connectivity index (χ1n) is 5.40. The summed E-state index contributed by atoms with van der Waals surface area (Å²) in [6.45, 7) is 1.55. The van der Waals surface area contributed by atoms with Crippen LogP contribution in [0, 0.1) is 18.6 Å². The Morgan fingerprint density at radius 1 is 1.00 bits per heavy atom. The molecule has 0 aromatic heterocycles. The van der Waals surface area contributed by atoms with Gasteiger partial charge >= 0.3 is 0 Å². The van der Waals surface area contributed by atoms with E-state index in [1.54, 1.807) is 19.1 Å². The topological polar surface area (TPSA) is 29.1 Å². The molecule has 0 unspecified atom stereocenters. The Morgan fingerprint density at radius 3 is 2.39 bits per heavy atom. The van der Waals surface area contributed by atoms with Gasteiger partial charge in [0.1, 0.15) is 11.6 Å². The molecule has 0 aliphatic heterocycles. The zero-order chi connectivity index (χ0) is 13.1. The molecule has 4 heteroatoms. The van der Waals surface area contributed by atoms with E-state index in [4.69, 9.17) is 0 Å². The number of hydrogen-bond acceptors (Lipinski definition) is 1. The van der Waals surface area contributed by atoms with Crippen molar-refractivity contribution in [3.8, 4) is 0 Å². The number of hydrogen-bond donors (Lipinski definition) is 1. The summed E-state index contributed by atoms with van der Waals surface area (Å²) in [4.78, 5) is 11.8. The van der Waals surface area contributed by atoms with Crippen molar-refractivity contribution >= 4 is 11.6 Å². The Hall–Kier alpha value is -2.23. The lowest BCUT2D eigenvalue weighted by Gasteiger charge is -2.09. The number of benzene rings is 2. The standard InChI is InChI=1S/C14H11F2NO/c1-9-11(15)7-4-8-13(9)17-14(18)10-5-2-3-6-12(10)16/h2-8H,1H3,(H,17,18). The number of carbonyl (C=O) groups excluding carboxylic acids is 1. The van der Waals surface area contributed by atoms with Crippen molar-refractivity contribution in [2.45, 2.75) is 6.92 Å². The molecule has 2 aromatic carbocycles. The molecule has 1 N–H and O–H groups in total. The maximum atomic E-state index is 13.4. The van der Waals surface area contributed by atoms with Crippen molar-refractivity contribution in [2.24, 2.45) is 0 Å². The predicted molar refractivity (Wildman–Crippen MR) is 65.5 cm³/mol. The minimum absolute atomic E-state index is 0.0684. The van der Waals surface area contributed by atoms with Gasteiger partial charge in [0.25, 0.3) is 5.91 Å². The van der Waals surface area contributed by atoms with Gasteiger partial charge in [0.15, 0.2) is 0 Å². The highest BCUT2D eigenvalue weighted by atomic mass is 19.1. The molecule has 0 spiro atoms. The van der Waals surface area contributed by atoms with Crippen LogP contribution in [-0.4, -0.2) is 5.91 Å². The summed E-state index contributed by atoms with van der Waals surface area (Å²) in [6, 6.07) is 9.99. The average molecular weight is 247 g/mol. The summed E-state index contributed by atoms with van der Waals surface area (Å²) in [6.07, 6.45) is 0. The molecule has 2 rings (SSSR count). The van der Waals surface area contributed by atoms with Crippen molar-refractivity contribution in [3.05, 3.63) is 65.2 Å². The van der Waals surface area contributed by atoms with E-state index < -0.39 is 17.5 Å². The highest BCUT2D eigenvalue weighted by molar-refractivity contribution is 6.04. The fraction of sp³-hybridized carbons (Fsp3) is 0.0714. The van der Waals surface area contributed by atoms with Gasteiger partial charge in [-0.3, -0.25) is 4.79 Å². The zero-order valence-corrected chi connectivity index (χ0v) is 9.71. The minimum Gasteiger partial charge on any atom is -0.322 e. The monoisotopic (exact) mass is 247 g/mol. The molecule has 0 aliphatic rings. The van der Waals surface area contributed by atoms with Crippen LogP contribution < -0.4 is 5.32 Å². The maximum absolute atomic E-state index is 13.4. The molecule has 0 saturated carbocycles. The van der Waals surface area contributed by atoms with E-state index in [0.29, 0.717) is 11.3 Å². The third-order valence-electron chi connectivity index (χ3n) is 2.63. The van der Waals surface area contributed by atoms with Crippen LogP contribution in [0.3, 0.4) is 0 Å². The van der Waals surface area contributed by atoms with Gasteiger partial charge in [-0.25, -0.2) is 8.78 Å². The van der Waals surface area contributed by atoms with Crippen molar-refractivity contribution < 1.29 is 13.6 Å². The van der Waals surface area contributed by atoms with Crippen LogP contribution in [0.4, 0.5) is 14.5 Å². The highest BCUT2D eigenvalue weighted by Crippen LogP contribution is 2.18. The van der Waals surface area contributed by atoms with Crippen LogP contribution >= 0.6 is 0 Å². The van der Waals surface area contributed by atoms with E-state index in [9.17, 15) is 13.6 Å². The van der Waals surface area contributed by atoms with E-state index in [2.05, 4.69) is 5.32 Å². The molecule has 18 heavy (non-hydrogen) atoms. The van der Waals surface area contributed by atoms with Gasteiger partial charge in [0, 0.05) is 11.3 Å².